The molecule has 4 rings (SSSR count). The van der Waals surface area contributed by atoms with Gasteiger partial charge in [0, 0.05) is 28.9 Å². The van der Waals surface area contributed by atoms with Gasteiger partial charge in [0.2, 0.25) is 0 Å². The number of anilines is 1. The molecule has 0 saturated carbocycles. The van der Waals surface area contributed by atoms with Crippen LogP contribution in [0.25, 0.3) is 10.8 Å². The average molecular weight is 473 g/mol. The predicted octanol–water partition coefficient (Wildman–Crippen LogP) is 5.77. The van der Waals surface area contributed by atoms with Crippen LogP contribution in [0, 0.1) is 0 Å². The van der Waals surface area contributed by atoms with Crippen LogP contribution in [0.1, 0.15) is 35.7 Å². The lowest BCUT2D eigenvalue weighted by molar-refractivity contribution is 0.102. The smallest absolute Gasteiger partial charge is 0.256 e. The van der Waals surface area contributed by atoms with Gasteiger partial charge < -0.3 is 15.4 Å². The molecule has 1 aliphatic heterocycles. The number of rotatable bonds is 7. The van der Waals surface area contributed by atoms with Crippen molar-refractivity contribution in [2.24, 2.45) is 4.99 Å². The molecule has 1 aromatic heterocycles. The number of carbonyl (C=O) groups excluding carboxylic acids is 1. The summed E-state index contributed by atoms with van der Waals surface area (Å²) >= 11 is 1.50. The number of allylic oxidation sites excluding steroid dienone is 1. The molecular formula is C27H28N4O2S. The summed E-state index contributed by atoms with van der Waals surface area (Å²) in [5.74, 6) is 1.05. The number of aliphatic imine (C=N–C) groups is 1. The summed E-state index contributed by atoms with van der Waals surface area (Å²) in [6, 6.07) is 15.1. The second-order valence-electron chi connectivity index (χ2n) is 8.10. The predicted molar refractivity (Wildman–Crippen MR) is 142 cm³/mol. The molecule has 2 N–H and O–H groups in total. The minimum absolute atomic E-state index is 0.219. The molecule has 2 heterocycles. The summed E-state index contributed by atoms with van der Waals surface area (Å²) in [7, 11) is 0. The van der Waals surface area contributed by atoms with Crippen LogP contribution in [0.3, 0.4) is 0 Å². The number of thioether (sulfide) groups is 1. The first-order valence-electron chi connectivity index (χ1n) is 11.2. The quantitative estimate of drug-likeness (QED) is 0.337. The van der Waals surface area contributed by atoms with E-state index in [1.54, 1.807) is 18.3 Å². The van der Waals surface area contributed by atoms with Crippen molar-refractivity contribution >= 4 is 39.3 Å². The zero-order valence-electron chi connectivity index (χ0n) is 19.2. The van der Waals surface area contributed by atoms with Crippen molar-refractivity contribution in [2.75, 3.05) is 18.4 Å². The van der Waals surface area contributed by atoms with Crippen molar-refractivity contribution in [3.63, 3.8) is 0 Å². The fourth-order valence-corrected chi connectivity index (χ4v) is 4.43. The zero-order chi connectivity index (χ0) is 23.9. The molecule has 0 radical (unpaired) electrons. The summed E-state index contributed by atoms with van der Waals surface area (Å²) in [6.07, 6.45) is 5.48. The van der Waals surface area contributed by atoms with E-state index in [1.807, 2.05) is 43.3 Å². The van der Waals surface area contributed by atoms with Crippen molar-refractivity contribution in [1.82, 2.24) is 10.3 Å². The highest BCUT2D eigenvalue weighted by atomic mass is 32.2. The maximum absolute atomic E-state index is 12.8. The lowest BCUT2D eigenvalue weighted by Crippen LogP contribution is -2.34. The molecule has 34 heavy (non-hydrogen) atoms. The monoisotopic (exact) mass is 472 g/mol. The third-order valence-corrected chi connectivity index (χ3v) is 6.28. The van der Waals surface area contributed by atoms with E-state index in [-0.39, 0.29) is 12.0 Å². The number of amides is 1. The van der Waals surface area contributed by atoms with Crippen molar-refractivity contribution in [3.8, 4) is 5.75 Å². The van der Waals surface area contributed by atoms with Gasteiger partial charge in [0.1, 0.15) is 22.7 Å². The maximum Gasteiger partial charge on any atom is 0.256 e. The third-order valence-electron chi connectivity index (χ3n) is 5.40. The largest absolute Gasteiger partial charge is 0.490 e. The van der Waals surface area contributed by atoms with Crippen LogP contribution in [0.5, 0.6) is 5.75 Å². The lowest BCUT2D eigenvalue weighted by Gasteiger charge is -2.23. The van der Waals surface area contributed by atoms with Crippen molar-refractivity contribution in [1.29, 1.82) is 0 Å². The molecule has 1 fully saturated rings. The van der Waals surface area contributed by atoms with Gasteiger partial charge in [-0.05, 0) is 79.5 Å². The van der Waals surface area contributed by atoms with Gasteiger partial charge in [-0.15, -0.1) is 0 Å². The Morgan fingerprint density at radius 2 is 1.88 bits per heavy atom. The minimum Gasteiger partial charge on any atom is -0.490 e. The van der Waals surface area contributed by atoms with Crippen LogP contribution in [-0.2, 0) is 0 Å². The van der Waals surface area contributed by atoms with Crippen LogP contribution < -0.4 is 15.4 Å². The standard InChI is InChI=1S/C27H28N4O2S/c1-4-29-27(34-18(2)3)20-5-6-21-17-30-25(16-22(21)15-20)31-26(32)19-7-9-23(10-8-19)33-24-11-13-28-14-12-24/h4-10,15-17,24,28H,1-2,11-14H2,3H3,(H,30,31,32). The van der Waals surface area contributed by atoms with Crippen molar-refractivity contribution in [2.45, 2.75) is 25.9 Å². The number of benzene rings is 2. The topological polar surface area (TPSA) is 75.6 Å². The zero-order valence-corrected chi connectivity index (χ0v) is 20.0. The second kappa shape index (κ2) is 11.1. The molecule has 1 saturated heterocycles. The number of hydrogen-bond acceptors (Lipinski definition) is 6. The van der Waals surface area contributed by atoms with Crippen molar-refractivity contribution in [3.05, 3.63) is 90.1 Å². The Balaban J connectivity index is 1.47. The molecule has 1 amide bonds. The number of nitrogens with zero attached hydrogens (tertiary/aromatic N) is 2. The first-order valence-corrected chi connectivity index (χ1v) is 12.0. The van der Waals surface area contributed by atoms with E-state index in [4.69, 9.17) is 4.74 Å². The number of hydrogen-bond donors (Lipinski definition) is 2. The van der Waals surface area contributed by atoms with Gasteiger partial charge in [0.15, 0.2) is 0 Å². The van der Waals surface area contributed by atoms with Gasteiger partial charge in [-0.1, -0.05) is 37.1 Å². The molecule has 6 nitrogen and oxygen atoms in total. The van der Waals surface area contributed by atoms with E-state index < -0.39 is 0 Å². The molecule has 7 heteroatoms. The van der Waals surface area contributed by atoms with Gasteiger partial charge in [-0.3, -0.25) is 4.79 Å². The number of ether oxygens (including phenoxy) is 1. The summed E-state index contributed by atoms with van der Waals surface area (Å²) in [5, 5.41) is 8.96. The van der Waals surface area contributed by atoms with E-state index in [0.717, 1.165) is 58.0 Å². The Morgan fingerprint density at radius 1 is 1.15 bits per heavy atom. The van der Waals surface area contributed by atoms with Gasteiger partial charge in [0.25, 0.3) is 5.91 Å². The molecule has 3 aromatic rings. The molecule has 1 aliphatic rings. The van der Waals surface area contributed by atoms with Gasteiger partial charge in [-0.25, -0.2) is 9.98 Å². The third kappa shape index (κ3) is 6.12. The molecule has 0 aliphatic carbocycles. The minimum atomic E-state index is -0.219. The van der Waals surface area contributed by atoms with Gasteiger partial charge >= 0.3 is 0 Å². The average Bonchev–Trinajstić information content (AvgIpc) is 2.84. The Morgan fingerprint density at radius 3 is 2.59 bits per heavy atom. The van der Waals surface area contributed by atoms with E-state index in [9.17, 15) is 4.79 Å². The van der Waals surface area contributed by atoms with Crippen LogP contribution in [-0.4, -0.2) is 35.1 Å². The molecule has 0 spiro atoms. The van der Waals surface area contributed by atoms with E-state index in [1.165, 1.54) is 18.0 Å². The maximum atomic E-state index is 12.8. The summed E-state index contributed by atoms with van der Waals surface area (Å²) in [5.41, 5.74) is 1.50. The Hall–Kier alpha value is -3.42. The second-order valence-corrected chi connectivity index (χ2v) is 9.39. The SMILES string of the molecule is C=CN=C(SC(=C)C)c1ccc2cnc(NC(=O)c3ccc(OC4CCNCC4)cc3)cc2c1. The van der Waals surface area contributed by atoms with Crippen molar-refractivity contribution < 1.29 is 9.53 Å². The fourth-order valence-electron chi connectivity index (χ4n) is 3.73. The fraction of sp³-hybridized carbons (Fsp3) is 0.222. The number of nitrogens with one attached hydrogen (secondary N) is 2. The molecule has 174 valence electrons. The van der Waals surface area contributed by atoms with Crippen LogP contribution >= 0.6 is 11.8 Å². The van der Waals surface area contributed by atoms with E-state index >= 15 is 0 Å². The summed E-state index contributed by atoms with van der Waals surface area (Å²) in [6.45, 7) is 11.5. The van der Waals surface area contributed by atoms with Crippen LogP contribution in [0.4, 0.5) is 5.82 Å². The van der Waals surface area contributed by atoms with Gasteiger partial charge in [-0.2, -0.15) is 0 Å². The highest BCUT2D eigenvalue weighted by Gasteiger charge is 2.15. The Labute approximate surface area is 204 Å². The summed E-state index contributed by atoms with van der Waals surface area (Å²) in [4.78, 5) is 22.5. The number of pyridine rings is 1. The van der Waals surface area contributed by atoms with E-state index in [2.05, 4.69) is 33.8 Å². The first-order chi connectivity index (χ1) is 16.5. The number of carbonyl (C=O) groups is 1. The first kappa shape index (κ1) is 23.7. The van der Waals surface area contributed by atoms with E-state index in [0.29, 0.717) is 11.4 Å². The number of aromatic nitrogens is 1. The number of piperidine rings is 1. The van der Waals surface area contributed by atoms with Crippen LogP contribution in [0.15, 0.2) is 84.0 Å². The summed E-state index contributed by atoms with van der Waals surface area (Å²) < 4.78 is 6.02. The highest BCUT2D eigenvalue weighted by Crippen LogP contribution is 2.25. The normalized spacial score (nSPS) is 14.6. The van der Waals surface area contributed by atoms with Gasteiger partial charge in [0.05, 0.1) is 0 Å². The molecule has 0 atom stereocenters. The Bertz CT molecular complexity index is 1230. The molecule has 2 aromatic carbocycles. The molecule has 0 bridgehead atoms. The molecular weight excluding hydrogens is 444 g/mol. The number of fused-ring (bicyclic) bond motifs is 1. The Kier molecular flexibility index (Phi) is 7.77. The lowest BCUT2D eigenvalue weighted by atomic mass is 10.1. The van der Waals surface area contributed by atoms with Crippen LogP contribution in [0.2, 0.25) is 0 Å². The molecule has 0 unspecified atom stereocenters. The highest BCUT2D eigenvalue weighted by molar-refractivity contribution is 8.17.